The summed E-state index contributed by atoms with van der Waals surface area (Å²) in [5.74, 6) is -4.69. The van der Waals surface area contributed by atoms with E-state index in [1.165, 1.54) is 54.0 Å². The molecule has 4 atom stereocenters. The molecule has 64 heavy (non-hydrogen) atoms. The number of hydrogen-bond donors (Lipinski definition) is 8. The highest BCUT2D eigenvalue weighted by molar-refractivity contribution is 6.39. The zero-order valence-corrected chi connectivity index (χ0v) is 36.8. The molecule has 2 aliphatic heterocycles. The third-order valence-electron chi connectivity index (χ3n) is 10.2. The highest BCUT2D eigenvalue weighted by Gasteiger charge is 2.35. The molecule has 4 heterocycles. The van der Waals surface area contributed by atoms with Crippen LogP contribution in [0.5, 0.6) is 11.5 Å². The Bertz CT molecular complexity index is 2330. The molecule has 4 aromatic rings. The van der Waals surface area contributed by atoms with Gasteiger partial charge in [0, 0.05) is 12.6 Å². The van der Waals surface area contributed by atoms with Crippen LogP contribution >= 0.6 is 0 Å². The fourth-order valence-electron chi connectivity index (χ4n) is 6.82. The molecule has 19 heteroatoms. The molecule has 17 nitrogen and oxygen atoms in total. The first-order chi connectivity index (χ1) is 30.0. The number of pyridine rings is 2. The normalized spacial score (nSPS) is 18.2. The van der Waals surface area contributed by atoms with Crippen LogP contribution in [-0.4, -0.2) is 78.7 Å². The van der Waals surface area contributed by atoms with Gasteiger partial charge in [-0.05, 0) is 137 Å². The standard InChI is InChI=1S/C20H23FN4O3.C13H17N3O5.C12H16FNO/c1-11-3-6-16(13-4-5-15(21)17(26)8-13)25(10-11)20(28)19(27)24-14-7-12(2)18(22)23-9-14;1-7-5-8(15-10(17)11(18)19)6-14-9(7)16-12(20)21-13(2,3)4;1-8-2-5-11(14-7-8)9-3-4-10(13)12(15)6-9/h4-5,7-9,11,16,26H,3,6,10H2,1-2H3,(H2,22,23)(H,24,27);5-6H,1-4H3,(H,15,17)(H,18,19)(H,14,16,20);3-4,6,8,11,14-15H,2,5,7H2,1H3/t11-,16+;;8-,11+/m0.0/s1. The summed E-state index contributed by atoms with van der Waals surface area (Å²) in [5, 5.41) is 38.0. The third kappa shape index (κ3) is 14.6. The van der Waals surface area contributed by atoms with Crippen molar-refractivity contribution in [3.8, 4) is 11.5 Å². The van der Waals surface area contributed by atoms with E-state index in [2.05, 4.69) is 38.2 Å². The number of amides is 4. The van der Waals surface area contributed by atoms with Crippen LogP contribution in [0.15, 0.2) is 60.9 Å². The fourth-order valence-corrected chi connectivity index (χ4v) is 6.82. The molecule has 0 unspecified atom stereocenters. The van der Waals surface area contributed by atoms with Gasteiger partial charge in [-0.1, -0.05) is 26.0 Å². The molecule has 0 aliphatic carbocycles. The van der Waals surface area contributed by atoms with Crippen LogP contribution in [0.4, 0.5) is 36.6 Å². The van der Waals surface area contributed by atoms with E-state index in [4.69, 9.17) is 15.6 Å². The number of nitrogens with one attached hydrogen (secondary N) is 4. The van der Waals surface area contributed by atoms with E-state index in [1.807, 2.05) is 6.92 Å². The van der Waals surface area contributed by atoms with Gasteiger partial charge in [-0.2, -0.15) is 0 Å². The summed E-state index contributed by atoms with van der Waals surface area (Å²) in [4.78, 5) is 67.9. The van der Waals surface area contributed by atoms with Crippen molar-refractivity contribution in [3.05, 3.63) is 94.8 Å². The number of ether oxygens (including phenoxy) is 1. The van der Waals surface area contributed by atoms with Crippen molar-refractivity contribution in [1.29, 1.82) is 0 Å². The van der Waals surface area contributed by atoms with Crippen LogP contribution in [0, 0.1) is 37.3 Å². The van der Waals surface area contributed by atoms with Gasteiger partial charge < -0.3 is 46.6 Å². The van der Waals surface area contributed by atoms with E-state index in [9.17, 15) is 43.0 Å². The van der Waals surface area contributed by atoms with Gasteiger partial charge in [-0.15, -0.1) is 0 Å². The van der Waals surface area contributed by atoms with Gasteiger partial charge in [0.15, 0.2) is 23.1 Å². The molecule has 0 radical (unpaired) electrons. The predicted molar refractivity (Wildman–Crippen MR) is 235 cm³/mol. The molecule has 2 aliphatic rings. The van der Waals surface area contributed by atoms with E-state index in [0.717, 1.165) is 31.0 Å². The molecular formula is C45H56F2N8O9. The number of nitrogens with zero attached hydrogens (tertiary/aromatic N) is 3. The van der Waals surface area contributed by atoms with E-state index in [0.29, 0.717) is 47.1 Å². The number of carboxylic acids is 1. The number of rotatable bonds is 5. The number of aliphatic carboxylic acids is 1. The minimum Gasteiger partial charge on any atom is -0.505 e. The van der Waals surface area contributed by atoms with E-state index >= 15 is 0 Å². The lowest BCUT2D eigenvalue weighted by atomic mass is 9.89. The van der Waals surface area contributed by atoms with Crippen molar-refractivity contribution < 1.29 is 52.8 Å². The Labute approximate surface area is 369 Å². The first kappa shape index (κ1) is 49.8. The Kier molecular flexibility index (Phi) is 17.1. The molecule has 4 amide bonds. The number of nitrogens with two attached hydrogens (primary N) is 1. The van der Waals surface area contributed by atoms with Crippen molar-refractivity contribution in [2.24, 2.45) is 11.8 Å². The maximum Gasteiger partial charge on any atom is 0.413 e. The SMILES string of the molecule is C[C@H]1CC[C@H](c2ccc(F)c(O)c2)NC1.Cc1cc(NC(=O)C(=O)N2C[C@@H](C)CC[C@@H]2c2ccc(F)c(O)c2)cnc1N.Cc1cc(NC(=O)C(=O)O)cnc1NC(=O)OC(C)(C)C. The molecular weight excluding hydrogens is 835 g/mol. The van der Waals surface area contributed by atoms with Gasteiger partial charge in [0.05, 0.1) is 29.8 Å². The smallest absolute Gasteiger partial charge is 0.413 e. The molecule has 6 rings (SSSR count). The average Bonchev–Trinajstić information content (AvgIpc) is 3.22. The second-order valence-electron chi connectivity index (χ2n) is 16.9. The summed E-state index contributed by atoms with van der Waals surface area (Å²) in [5.41, 5.74) is 8.44. The molecule has 9 N–H and O–H groups in total. The summed E-state index contributed by atoms with van der Waals surface area (Å²) < 4.78 is 31.3. The number of phenolic OH excluding ortho intramolecular Hbond substituents is 2. The van der Waals surface area contributed by atoms with Gasteiger partial charge in [0.25, 0.3) is 0 Å². The molecule has 0 bridgehead atoms. The van der Waals surface area contributed by atoms with Crippen molar-refractivity contribution in [3.63, 3.8) is 0 Å². The number of aryl methyl sites for hydroxylation is 2. The number of anilines is 4. The van der Waals surface area contributed by atoms with Crippen molar-refractivity contribution in [1.82, 2.24) is 20.2 Å². The average molecular weight is 891 g/mol. The Hall–Kier alpha value is -6.89. The first-order valence-corrected chi connectivity index (χ1v) is 20.6. The number of halogens is 2. The van der Waals surface area contributed by atoms with Crippen LogP contribution in [0.2, 0.25) is 0 Å². The zero-order chi connectivity index (χ0) is 47.5. The number of benzene rings is 2. The summed E-state index contributed by atoms with van der Waals surface area (Å²) in [6.07, 6.45) is 5.67. The predicted octanol–water partition coefficient (Wildman–Crippen LogP) is 7.11. The number of carboxylic acid groups (broad SMARTS) is 1. The third-order valence-corrected chi connectivity index (χ3v) is 10.2. The minimum absolute atomic E-state index is 0.217. The van der Waals surface area contributed by atoms with Gasteiger partial charge >= 0.3 is 29.8 Å². The van der Waals surface area contributed by atoms with Crippen LogP contribution in [0.3, 0.4) is 0 Å². The minimum atomic E-state index is -1.59. The number of hydrogen-bond acceptors (Lipinski definition) is 12. The number of carbonyl (C=O) groups excluding carboxylic acids is 4. The second kappa shape index (κ2) is 22.0. The number of aromatic hydroxyl groups is 2. The molecule has 0 spiro atoms. The number of aromatic nitrogens is 2. The summed E-state index contributed by atoms with van der Waals surface area (Å²) in [7, 11) is 0. The molecule has 0 saturated carbocycles. The summed E-state index contributed by atoms with van der Waals surface area (Å²) >= 11 is 0. The molecule has 344 valence electrons. The molecule has 2 aromatic heterocycles. The van der Waals surface area contributed by atoms with E-state index in [1.54, 1.807) is 46.8 Å². The van der Waals surface area contributed by atoms with E-state index in [-0.39, 0.29) is 29.2 Å². The van der Waals surface area contributed by atoms with Crippen LogP contribution in [-0.2, 0) is 23.9 Å². The van der Waals surface area contributed by atoms with E-state index < -0.39 is 58.8 Å². The second-order valence-corrected chi connectivity index (χ2v) is 16.9. The quantitative estimate of drug-likeness (QED) is 0.0931. The molecule has 2 fully saturated rings. The van der Waals surface area contributed by atoms with Crippen molar-refractivity contribution in [2.75, 3.05) is 34.8 Å². The zero-order valence-electron chi connectivity index (χ0n) is 36.8. The number of likely N-dealkylation sites (tertiary alicyclic amines) is 1. The Morgan fingerprint density at radius 3 is 1.89 bits per heavy atom. The Morgan fingerprint density at radius 1 is 0.781 bits per heavy atom. The lowest BCUT2D eigenvalue weighted by molar-refractivity contribution is -0.147. The summed E-state index contributed by atoms with van der Waals surface area (Å²) in [6, 6.07) is 11.6. The first-order valence-electron chi connectivity index (χ1n) is 20.6. The van der Waals surface area contributed by atoms with Gasteiger partial charge in [0.2, 0.25) is 0 Å². The van der Waals surface area contributed by atoms with Crippen LogP contribution in [0.25, 0.3) is 0 Å². The maximum atomic E-state index is 13.4. The maximum absolute atomic E-state index is 13.4. The number of piperidine rings is 2. The Morgan fingerprint density at radius 2 is 1.34 bits per heavy atom. The largest absolute Gasteiger partial charge is 0.505 e. The summed E-state index contributed by atoms with van der Waals surface area (Å²) in [6.45, 7) is 14.2. The molecule has 2 saturated heterocycles. The highest BCUT2D eigenvalue weighted by atomic mass is 19.1. The number of carbonyl (C=O) groups is 5. The monoisotopic (exact) mass is 890 g/mol. The molecule has 2 aromatic carbocycles. The van der Waals surface area contributed by atoms with Gasteiger partial charge in [-0.25, -0.2) is 28.3 Å². The topological polar surface area (TPSA) is 258 Å². The van der Waals surface area contributed by atoms with Crippen molar-refractivity contribution >= 4 is 52.8 Å². The van der Waals surface area contributed by atoms with Crippen LogP contribution < -0.4 is 27.0 Å². The van der Waals surface area contributed by atoms with Gasteiger partial charge in [0.1, 0.15) is 17.2 Å². The fraction of sp³-hybridized carbons (Fsp3) is 0.400. The lowest BCUT2D eigenvalue weighted by Crippen LogP contribution is -2.46. The lowest BCUT2D eigenvalue weighted by Gasteiger charge is -2.38. The Balaban J connectivity index is 0.000000221. The van der Waals surface area contributed by atoms with Crippen molar-refractivity contribution in [2.45, 2.75) is 91.8 Å². The highest BCUT2D eigenvalue weighted by Crippen LogP contribution is 2.35. The number of phenols is 2. The van der Waals surface area contributed by atoms with Gasteiger partial charge in [-0.3, -0.25) is 19.7 Å². The number of nitrogen functional groups attached to an aromatic ring is 1. The van der Waals surface area contributed by atoms with Crippen LogP contribution in [0.1, 0.15) is 94.6 Å².